The number of carbonyl (C=O) groups is 1. The Balaban J connectivity index is 3.94. The van der Waals surface area contributed by atoms with Gasteiger partial charge in [-0.1, -0.05) is 24.8 Å². The van der Waals surface area contributed by atoms with Crippen LogP contribution in [0.3, 0.4) is 0 Å². The molecule has 3 N–H and O–H groups in total. The van der Waals surface area contributed by atoms with Gasteiger partial charge in [0.25, 0.3) is 5.91 Å². The van der Waals surface area contributed by atoms with Crippen molar-refractivity contribution in [2.24, 2.45) is 11.3 Å². The summed E-state index contributed by atoms with van der Waals surface area (Å²) in [6, 6.07) is 0. The summed E-state index contributed by atoms with van der Waals surface area (Å²) >= 11 is 0. The zero-order chi connectivity index (χ0) is 14.0. The predicted molar refractivity (Wildman–Crippen MR) is 75.4 cm³/mol. The molecule has 0 spiro atoms. The minimum Gasteiger partial charge on any atom is -0.308 e. The van der Waals surface area contributed by atoms with Gasteiger partial charge in [-0.15, -0.1) is 0 Å². The second-order valence-corrected chi connectivity index (χ2v) is 5.14. The van der Waals surface area contributed by atoms with E-state index >= 15 is 0 Å². The van der Waals surface area contributed by atoms with Gasteiger partial charge in [0, 0.05) is 5.41 Å². The van der Waals surface area contributed by atoms with Gasteiger partial charge in [0.05, 0.1) is 13.1 Å². The summed E-state index contributed by atoms with van der Waals surface area (Å²) in [7, 11) is 0. The third-order valence-corrected chi connectivity index (χ3v) is 1.97. The molecule has 0 rings (SSSR count). The highest BCUT2D eigenvalue weighted by molar-refractivity contribution is 5.77. The Morgan fingerprint density at radius 2 is 2.11 bits per heavy atom. The monoisotopic (exact) mass is 251 g/mol. The minimum absolute atomic E-state index is 0.00731. The van der Waals surface area contributed by atoms with Gasteiger partial charge in [-0.3, -0.25) is 9.80 Å². The second kappa shape index (κ2) is 8.73. The molecule has 0 saturated carbocycles. The quantitative estimate of drug-likeness (QED) is 0.246. The third-order valence-electron chi connectivity index (χ3n) is 1.97. The van der Waals surface area contributed by atoms with E-state index in [1.165, 1.54) is 5.01 Å². The van der Waals surface area contributed by atoms with Crippen LogP contribution in [0.5, 0.6) is 0 Å². The van der Waals surface area contributed by atoms with Gasteiger partial charge < -0.3 is 5.32 Å². The Labute approximate surface area is 111 Å². The molecule has 0 aliphatic carbocycles. The SMILES string of the molecule is CCCNCC(=O)N(N)CC=CC#CC(C)(C)C. The molecular weight excluding hydrogens is 226 g/mol. The van der Waals surface area contributed by atoms with Crippen molar-refractivity contribution in [1.29, 1.82) is 0 Å². The Morgan fingerprint density at radius 1 is 1.44 bits per heavy atom. The summed E-state index contributed by atoms with van der Waals surface area (Å²) < 4.78 is 0. The van der Waals surface area contributed by atoms with Crippen LogP contribution in [0.25, 0.3) is 0 Å². The topological polar surface area (TPSA) is 58.4 Å². The number of hydrazine groups is 1. The van der Waals surface area contributed by atoms with Crippen LogP contribution in [-0.4, -0.2) is 30.6 Å². The Kier molecular flexibility index (Phi) is 8.10. The number of hydrogen-bond acceptors (Lipinski definition) is 3. The van der Waals surface area contributed by atoms with Crippen molar-refractivity contribution in [2.45, 2.75) is 34.1 Å². The van der Waals surface area contributed by atoms with E-state index in [9.17, 15) is 4.79 Å². The molecule has 1 amide bonds. The molecule has 0 saturated heterocycles. The number of rotatable bonds is 6. The van der Waals surface area contributed by atoms with E-state index < -0.39 is 0 Å². The number of carbonyl (C=O) groups excluding carboxylic acids is 1. The number of nitrogens with zero attached hydrogens (tertiary/aromatic N) is 1. The molecule has 0 fully saturated rings. The molecule has 4 nitrogen and oxygen atoms in total. The lowest BCUT2D eigenvalue weighted by molar-refractivity contribution is -0.129. The lowest BCUT2D eigenvalue weighted by Gasteiger charge is -2.14. The smallest absolute Gasteiger partial charge is 0.250 e. The molecule has 0 aromatic rings. The van der Waals surface area contributed by atoms with Crippen molar-refractivity contribution in [2.75, 3.05) is 19.6 Å². The van der Waals surface area contributed by atoms with E-state index in [2.05, 4.69) is 17.2 Å². The number of nitrogens with two attached hydrogens (primary N) is 1. The largest absolute Gasteiger partial charge is 0.308 e. The number of amides is 1. The summed E-state index contributed by atoms with van der Waals surface area (Å²) in [5, 5.41) is 4.21. The number of allylic oxidation sites excluding steroid dienone is 1. The lowest BCUT2D eigenvalue weighted by Crippen LogP contribution is -2.43. The molecule has 102 valence electrons. The standard InChI is InChI=1S/C14H25N3O/c1-5-10-16-12-13(18)17(15)11-8-6-7-9-14(2,3)4/h6,8,16H,5,10-12,15H2,1-4H3. The van der Waals surface area contributed by atoms with Crippen LogP contribution in [0.4, 0.5) is 0 Å². The van der Waals surface area contributed by atoms with Crippen LogP contribution in [0, 0.1) is 17.3 Å². The average Bonchev–Trinajstić information content (AvgIpc) is 2.27. The van der Waals surface area contributed by atoms with Gasteiger partial charge in [-0.25, -0.2) is 5.84 Å². The first-order chi connectivity index (χ1) is 8.37. The van der Waals surface area contributed by atoms with E-state index in [-0.39, 0.29) is 17.9 Å². The summed E-state index contributed by atoms with van der Waals surface area (Å²) in [5.41, 5.74) is -0.00731. The highest BCUT2D eigenvalue weighted by Gasteiger charge is 2.06. The van der Waals surface area contributed by atoms with Crippen molar-refractivity contribution in [3.05, 3.63) is 12.2 Å². The summed E-state index contributed by atoms with van der Waals surface area (Å²) in [6.07, 6.45) is 4.52. The minimum atomic E-state index is -0.114. The van der Waals surface area contributed by atoms with Crippen LogP contribution < -0.4 is 11.2 Å². The fourth-order valence-electron chi connectivity index (χ4n) is 1.06. The first-order valence-electron chi connectivity index (χ1n) is 6.30. The van der Waals surface area contributed by atoms with Gasteiger partial charge in [-0.05, 0) is 39.8 Å². The average molecular weight is 251 g/mol. The maximum absolute atomic E-state index is 11.5. The van der Waals surface area contributed by atoms with Crippen molar-refractivity contribution < 1.29 is 4.79 Å². The molecular formula is C14H25N3O. The second-order valence-electron chi connectivity index (χ2n) is 5.14. The van der Waals surface area contributed by atoms with Crippen molar-refractivity contribution in [1.82, 2.24) is 10.3 Å². The van der Waals surface area contributed by atoms with Gasteiger partial charge >= 0.3 is 0 Å². The molecule has 0 unspecified atom stereocenters. The Hall–Kier alpha value is -1.31. The Bertz CT molecular complexity index is 331. The van der Waals surface area contributed by atoms with Gasteiger partial charge in [-0.2, -0.15) is 0 Å². The highest BCUT2D eigenvalue weighted by Crippen LogP contribution is 2.09. The lowest BCUT2D eigenvalue weighted by atomic mass is 9.98. The van der Waals surface area contributed by atoms with Crippen molar-refractivity contribution in [3.63, 3.8) is 0 Å². The maximum atomic E-state index is 11.5. The molecule has 4 heteroatoms. The molecule has 0 radical (unpaired) electrons. The van der Waals surface area contributed by atoms with E-state index in [4.69, 9.17) is 5.84 Å². The molecule has 0 aromatic carbocycles. The summed E-state index contributed by atoms with van der Waals surface area (Å²) in [4.78, 5) is 11.5. The zero-order valence-electron chi connectivity index (χ0n) is 11.9. The van der Waals surface area contributed by atoms with Gasteiger partial charge in [0.1, 0.15) is 0 Å². The van der Waals surface area contributed by atoms with Gasteiger partial charge in [0.15, 0.2) is 0 Å². The highest BCUT2D eigenvalue weighted by atomic mass is 16.2. The fraction of sp³-hybridized carbons (Fsp3) is 0.643. The van der Waals surface area contributed by atoms with Crippen molar-refractivity contribution >= 4 is 5.91 Å². The summed E-state index contributed by atoms with van der Waals surface area (Å²) in [5.74, 6) is 11.5. The van der Waals surface area contributed by atoms with E-state index in [0.29, 0.717) is 6.54 Å². The third kappa shape index (κ3) is 9.88. The molecule has 0 aliphatic heterocycles. The normalized spacial score (nSPS) is 11.2. The predicted octanol–water partition coefficient (Wildman–Crippen LogP) is 1.29. The molecule has 0 atom stereocenters. The van der Waals surface area contributed by atoms with Crippen LogP contribution in [0.2, 0.25) is 0 Å². The van der Waals surface area contributed by atoms with Crippen LogP contribution in [-0.2, 0) is 4.79 Å². The van der Waals surface area contributed by atoms with E-state index in [0.717, 1.165) is 13.0 Å². The molecule has 18 heavy (non-hydrogen) atoms. The first kappa shape index (κ1) is 16.7. The maximum Gasteiger partial charge on any atom is 0.250 e. The van der Waals surface area contributed by atoms with E-state index in [1.54, 1.807) is 12.2 Å². The number of nitrogens with one attached hydrogen (secondary N) is 1. The fourth-order valence-corrected chi connectivity index (χ4v) is 1.06. The van der Waals surface area contributed by atoms with Gasteiger partial charge in [0.2, 0.25) is 0 Å². The first-order valence-corrected chi connectivity index (χ1v) is 6.30. The van der Waals surface area contributed by atoms with Crippen LogP contribution in [0.15, 0.2) is 12.2 Å². The zero-order valence-corrected chi connectivity index (χ0v) is 11.9. The molecule has 0 aromatic heterocycles. The molecule has 0 heterocycles. The summed E-state index contributed by atoms with van der Waals surface area (Å²) in [6.45, 7) is 9.68. The number of hydrogen-bond donors (Lipinski definition) is 2. The Morgan fingerprint density at radius 3 is 2.67 bits per heavy atom. The van der Waals surface area contributed by atoms with Crippen LogP contribution >= 0.6 is 0 Å². The van der Waals surface area contributed by atoms with Crippen molar-refractivity contribution in [3.8, 4) is 11.8 Å². The van der Waals surface area contributed by atoms with Crippen LogP contribution in [0.1, 0.15) is 34.1 Å². The van der Waals surface area contributed by atoms with E-state index in [1.807, 2.05) is 27.7 Å². The molecule has 0 bridgehead atoms. The molecule has 0 aliphatic rings.